The van der Waals surface area contributed by atoms with E-state index in [1.807, 2.05) is 18.2 Å². The highest BCUT2D eigenvalue weighted by atomic mass is 79.9. The summed E-state index contributed by atoms with van der Waals surface area (Å²) in [4.78, 5) is 0. The molecule has 0 saturated heterocycles. The van der Waals surface area contributed by atoms with E-state index in [1.54, 1.807) is 0 Å². The van der Waals surface area contributed by atoms with Crippen molar-refractivity contribution in [1.29, 1.82) is 0 Å². The quantitative estimate of drug-likeness (QED) is 0.902. The first-order chi connectivity index (χ1) is 6.15. The van der Waals surface area contributed by atoms with Crippen molar-refractivity contribution in [2.24, 2.45) is 11.5 Å². The predicted molar refractivity (Wildman–Crippen MR) is 67.0 cm³/mol. The minimum absolute atomic E-state index is 0. The summed E-state index contributed by atoms with van der Waals surface area (Å²) < 4.78 is 0.945. The van der Waals surface area contributed by atoms with E-state index >= 15 is 0 Å². The SMILES string of the molecule is Cl.NCC[C@H](N)c1ccc(Cl)cc1Br. The Bertz CT molecular complexity index is 294. The summed E-state index contributed by atoms with van der Waals surface area (Å²) in [6, 6.07) is 5.58. The Balaban J connectivity index is 0.00000169. The zero-order chi connectivity index (χ0) is 9.84. The summed E-state index contributed by atoms with van der Waals surface area (Å²) in [5.74, 6) is 0. The number of halogens is 3. The van der Waals surface area contributed by atoms with Crippen LogP contribution in [0.2, 0.25) is 5.02 Å². The summed E-state index contributed by atoms with van der Waals surface area (Å²) in [5.41, 5.74) is 12.4. The van der Waals surface area contributed by atoms with Gasteiger partial charge in [-0.25, -0.2) is 0 Å². The van der Waals surface area contributed by atoms with Crippen LogP contribution in [0.4, 0.5) is 0 Å². The van der Waals surface area contributed by atoms with Crippen molar-refractivity contribution in [3.63, 3.8) is 0 Å². The molecule has 80 valence electrons. The second-order valence-corrected chi connectivity index (χ2v) is 4.14. The van der Waals surface area contributed by atoms with E-state index in [0.717, 1.165) is 16.5 Å². The van der Waals surface area contributed by atoms with Gasteiger partial charge in [0, 0.05) is 15.5 Å². The highest BCUT2D eigenvalue weighted by Crippen LogP contribution is 2.26. The van der Waals surface area contributed by atoms with Crippen molar-refractivity contribution in [3.8, 4) is 0 Å². The van der Waals surface area contributed by atoms with Crippen LogP contribution < -0.4 is 11.5 Å². The van der Waals surface area contributed by atoms with Gasteiger partial charge in [-0.05, 0) is 30.7 Å². The molecule has 0 aliphatic heterocycles. The summed E-state index contributed by atoms with van der Waals surface area (Å²) in [6.07, 6.45) is 0.778. The molecule has 1 aromatic carbocycles. The van der Waals surface area contributed by atoms with Gasteiger partial charge in [-0.1, -0.05) is 33.6 Å². The van der Waals surface area contributed by atoms with Gasteiger partial charge >= 0.3 is 0 Å². The van der Waals surface area contributed by atoms with Gasteiger partial charge in [0.15, 0.2) is 0 Å². The standard InChI is InChI=1S/C9H12BrClN2.ClH/c10-8-5-6(11)1-2-7(8)9(13)3-4-12;/h1-2,5,9H,3-4,12-13H2;1H/t9-;/m0./s1. The molecule has 0 aliphatic rings. The van der Waals surface area contributed by atoms with Gasteiger partial charge in [0.25, 0.3) is 0 Å². The third kappa shape index (κ3) is 3.75. The molecule has 0 unspecified atom stereocenters. The fourth-order valence-electron chi connectivity index (χ4n) is 1.14. The van der Waals surface area contributed by atoms with E-state index < -0.39 is 0 Å². The predicted octanol–water partition coefficient (Wildman–Crippen LogP) is 2.87. The van der Waals surface area contributed by atoms with E-state index in [-0.39, 0.29) is 18.4 Å². The Morgan fingerprint density at radius 3 is 2.57 bits per heavy atom. The van der Waals surface area contributed by atoms with Crippen LogP contribution in [-0.2, 0) is 0 Å². The van der Waals surface area contributed by atoms with Crippen molar-refractivity contribution >= 4 is 39.9 Å². The first-order valence-corrected chi connectivity index (χ1v) is 5.23. The Morgan fingerprint density at radius 2 is 2.07 bits per heavy atom. The van der Waals surface area contributed by atoms with Gasteiger partial charge in [-0.2, -0.15) is 0 Å². The van der Waals surface area contributed by atoms with Crippen LogP contribution in [0.3, 0.4) is 0 Å². The van der Waals surface area contributed by atoms with E-state index in [1.165, 1.54) is 0 Å². The lowest BCUT2D eigenvalue weighted by Gasteiger charge is -2.12. The summed E-state index contributed by atoms with van der Waals surface area (Å²) in [5, 5.41) is 0.704. The molecule has 14 heavy (non-hydrogen) atoms. The molecule has 1 aromatic rings. The Labute approximate surface area is 104 Å². The topological polar surface area (TPSA) is 52.0 Å². The average molecular weight is 300 g/mol. The van der Waals surface area contributed by atoms with E-state index in [2.05, 4.69) is 15.9 Å². The molecule has 0 spiro atoms. The summed E-state index contributed by atoms with van der Waals surface area (Å²) >= 11 is 9.22. The summed E-state index contributed by atoms with van der Waals surface area (Å²) in [7, 11) is 0. The zero-order valence-corrected chi connectivity index (χ0v) is 10.7. The Morgan fingerprint density at radius 1 is 1.43 bits per heavy atom. The molecule has 1 atom stereocenters. The van der Waals surface area contributed by atoms with E-state index in [0.29, 0.717) is 11.6 Å². The van der Waals surface area contributed by atoms with Crippen LogP contribution >= 0.6 is 39.9 Å². The van der Waals surface area contributed by atoms with Crippen LogP contribution in [0.25, 0.3) is 0 Å². The normalized spacial score (nSPS) is 12.0. The zero-order valence-electron chi connectivity index (χ0n) is 7.54. The maximum atomic E-state index is 5.90. The smallest absolute Gasteiger partial charge is 0.0417 e. The van der Waals surface area contributed by atoms with E-state index in [9.17, 15) is 0 Å². The molecule has 0 radical (unpaired) electrons. The van der Waals surface area contributed by atoms with Gasteiger partial charge in [0.2, 0.25) is 0 Å². The molecule has 0 fully saturated rings. The molecule has 4 N–H and O–H groups in total. The lowest BCUT2D eigenvalue weighted by Crippen LogP contribution is -2.15. The molecular weight excluding hydrogens is 287 g/mol. The van der Waals surface area contributed by atoms with Crippen LogP contribution in [0.15, 0.2) is 22.7 Å². The number of hydrogen-bond donors (Lipinski definition) is 2. The minimum atomic E-state index is -0.0170. The lowest BCUT2D eigenvalue weighted by atomic mass is 10.1. The molecular formula is C9H13BrCl2N2. The van der Waals surface area contributed by atoms with Crippen LogP contribution in [0.1, 0.15) is 18.0 Å². The van der Waals surface area contributed by atoms with Crippen molar-refractivity contribution in [2.45, 2.75) is 12.5 Å². The largest absolute Gasteiger partial charge is 0.330 e. The monoisotopic (exact) mass is 298 g/mol. The van der Waals surface area contributed by atoms with Crippen molar-refractivity contribution in [2.75, 3.05) is 6.54 Å². The van der Waals surface area contributed by atoms with Crippen molar-refractivity contribution in [3.05, 3.63) is 33.3 Å². The molecule has 0 heterocycles. The molecule has 2 nitrogen and oxygen atoms in total. The maximum absolute atomic E-state index is 5.90. The Kier molecular flexibility index (Phi) is 6.74. The Hall–Kier alpha value is 0.200. The first-order valence-electron chi connectivity index (χ1n) is 4.05. The number of rotatable bonds is 3. The maximum Gasteiger partial charge on any atom is 0.0417 e. The van der Waals surface area contributed by atoms with Gasteiger partial charge in [-0.3, -0.25) is 0 Å². The van der Waals surface area contributed by atoms with Crippen molar-refractivity contribution in [1.82, 2.24) is 0 Å². The van der Waals surface area contributed by atoms with E-state index in [4.69, 9.17) is 23.1 Å². The van der Waals surface area contributed by atoms with Gasteiger partial charge in [0.1, 0.15) is 0 Å². The molecule has 1 rings (SSSR count). The average Bonchev–Trinajstić information content (AvgIpc) is 2.04. The van der Waals surface area contributed by atoms with Crippen LogP contribution in [0, 0.1) is 0 Å². The van der Waals surface area contributed by atoms with Gasteiger partial charge in [-0.15, -0.1) is 12.4 Å². The second-order valence-electron chi connectivity index (χ2n) is 2.85. The fraction of sp³-hybridized carbons (Fsp3) is 0.333. The number of benzene rings is 1. The minimum Gasteiger partial charge on any atom is -0.330 e. The lowest BCUT2D eigenvalue weighted by molar-refractivity contribution is 0.659. The van der Waals surface area contributed by atoms with Gasteiger partial charge in [0.05, 0.1) is 0 Å². The molecule has 0 saturated carbocycles. The molecule has 0 aliphatic carbocycles. The molecule has 5 heteroatoms. The highest BCUT2D eigenvalue weighted by Gasteiger charge is 2.08. The third-order valence-electron chi connectivity index (χ3n) is 1.84. The molecule has 0 aromatic heterocycles. The van der Waals surface area contributed by atoms with Crippen molar-refractivity contribution < 1.29 is 0 Å². The molecule has 0 bridgehead atoms. The van der Waals surface area contributed by atoms with Crippen LogP contribution in [-0.4, -0.2) is 6.54 Å². The number of nitrogens with two attached hydrogens (primary N) is 2. The molecule has 0 amide bonds. The first kappa shape index (κ1) is 14.2. The summed E-state index contributed by atoms with van der Waals surface area (Å²) in [6.45, 7) is 0.593. The highest BCUT2D eigenvalue weighted by molar-refractivity contribution is 9.10. The fourth-order valence-corrected chi connectivity index (χ4v) is 2.11. The number of hydrogen-bond acceptors (Lipinski definition) is 2. The second kappa shape index (κ2) is 6.64. The van der Waals surface area contributed by atoms with Crippen LogP contribution in [0.5, 0.6) is 0 Å². The van der Waals surface area contributed by atoms with Gasteiger partial charge < -0.3 is 11.5 Å². The third-order valence-corrected chi connectivity index (χ3v) is 2.76.